The summed E-state index contributed by atoms with van der Waals surface area (Å²) >= 11 is 0. The summed E-state index contributed by atoms with van der Waals surface area (Å²) in [6, 6.07) is 2.64. The Morgan fingerprint density at radius 2 is 2.05 bits per heavy atom. The molecule has 2 fully saturated rings. The maximum atomic E-state index is 11.0. The summed E-state index contributed by atoms with van der Waals surface area (Å²) in [5.74, 6) is -0.477. The highest BCUT2D eigenvalue weighted by molar-refractivity contribution is 5.71. The topological polar surface area (TPSA) is 55.1 Å². The largest absolute Gasteiger partial charge is 0.481 e. The molecule has 1 aromatic rings. The molecule has 4 heteroatoms. The van der Waals surface area contributed by atoms with Crippen molar-refractivity contribution in [3.63, 3.8) is 0 Å². The van der Waals surface area contributed by atoms with Gasteiger partial charge in [0.25, 0.3) is 0 Å². The van der Waals surface area contributed by atoms with Crippen molar-refractivity contribution in [2.45, 2.75) is 57.4 Å². The standard InChI is InChI=1S/C15H22N2O2/c18-15(19)14-7-6-11(14)10-12-8-9-17(16-12)13-4-2-1-3-5-13/h8-9,11,13-14H,1-7,10H2,(H,18,19). The Morgan fingerprint density at radius 1 is 1.26 bits per heavy atom. The molecule has 2 unspecified atom stereocenters. The van der Waals surface area contributed by atoms with E-state index in [4.69, 9.17) is 5.11 Å². The van der Waals surface area contributed by atoms with Crippen LogP contribution >= 0.6 is 0 Å². The molecule has 1 heterocycles. The molecule has 2 atom stereocenters. The predicted molar refractivity (Wildman–Crippen MR) is 71.9 cm³/mol. The van der Waals surface area contributed by atoms with Crippen molar-refractivity contribution in [3.8, 4) is 0 Å². The van der Waals surface area contributed by atoms with Crippen molar-refractivity contribution >= 4 is 5.97 Å². The van der Waals surface area contributed by atoms with Crippen LogP contribution in [0.5, 0.6) is 0 Å². The second-order valence-electron chi connectivity index (χ2n) is 6.07. The Morgan fingerprint density at radius 3 is 2.68 bits per heavy atom. The molecule has 0 bridgehead atoms. The van der Waals surface area contributed by atoms with Gasteiger partial charge in [0.2, 0.25) is 0 Å². The number of carboxylic acid groups (broad SMARTS) is 1. The first-order valence-electron chi connectivity index (χ1n) is 7.51. The zero-order valence-electron chi connectivity index (χ0n) is 11.3. The van der Waals surface area contributed by atoms with Crippen LogP contribution in [-0.2, 0) is 11.2 Å². The van der Waals surface area contributed by atoms with Gasteiger partial charge in [0, 0.05) is 6.20 Å². The lowest BCUT2D eigenvalue weighted by Gasteiger charge is -2.32. The molecule has 2 aliphatic carbocycles. The molecule has 3 rings (SSSR count). The summed E-state index contributed by atoms with van der Waals surface area (Å²) in [5, 5.41) is 13.7. The summed E-state index contributed by atoms with van der Waals surface area (Å²) < 4.78 is 2.11. The Balaban J connectivity index is 1.60. The highest BCUT2D eigenvalue weighted by atomic mass is 16.4. The number of aliphatic carboxylic acids is 1. The molecule has 2 aliphatic rings. The van der Waals surface area contributed by atoms with Gasteiger partial charge in [0.1, 0.15) is 0 Å². The van der Waals surface area contributed by atoms with E-state index >= 15 is 0 Å². The third kappa shape index (κ3) is 2.67. The van der Waals surface area contributed by atoms with Crippen LogP contribution in [-0.4, -0.2) is 20.9 Å². The molecule has 0 spiro atoms. The SMILES string of the molecule is O=C(O)C1CCC1Cc1ccn(C2CCCCC2)n1. The molecule has 0 aliphatic heterocycles. The van der Waals surface area contributed by atoms with Crippen LogP contribution in [0.25, 0.3) is 0 Å². The first-order chi connectivity index (χ1) is 9.24. The number of hydrogen-bond donors (Lipinski definition) is 1. The van der Waals surface area contributed by atoms with Crippen LogP contribution in [0.3, 0.4) is 0 Å². The molecular weight excluding hydrogens is 240 g/mol. The van der Waals surface area contributed by atoms with Gasteiger partial charge in [-0.3, -0.25) is 9.48 Å². The molecule has 0 radical (unpaired) electrons. The van der Waals surface area contributed by atoms with Crippen molar-refractivity contribution in [3.05, 3.63) is 18.0 Å². The van der Waals surface area contributed by atoms with Crippen LogP contribution < -0.4 is 0 Å². The van der Waals surface area contributed by atoms with Gasteiger partial charge < -0.3 is 5.11 Å². The number of aromatic nitrogens is 2. The molecule has 1 N–H and O–H groups in total. The molecule has 0 saturated heterocycles. The predicted octanol–water partition coefficient (Wildman–Crippen LogP) is 3.04. The van der Waals surface area contributed by atoms with Gasteiger partial charge in [-0.15, -0.1) is 0 Å². The number of rotatable bonds is 4. The van der Waals surface area contributed by atoms with Crippen molar-refractivity contribution < 1.29 is 9.90 Å². The van der Waals surface area contributed by atoms with E-state index in [1.54, 1.807) is 0 Å². The van der Waals surface area contributed by atoms with E-state index in [2.05, 4.69) is 22.0 Å². The van der Waals surface area contributed by atoms with E-state index in [9.17, 15) is 4.79 Å². The first kappa shape index (κ1) is 12.7. The molecular formula is C15H22N2O2. The number of carboxylic acids is 1. The van der Waals surface area contributed by atoms with Gasteiger partial charge >= 0.3 is 5.97 Å². The first-order valence-corrected chi connectivity index (χ1v) is 7.51. The molecule has 1 aromatic heterocycles. The molecule has 2 saturated carbocycles. The van der Waals surface area contributed by atoms with Crippen LogP contribution in [0.4, 0.5) is 0 Å². The molecule has 104 valence electrons. The minimum absolute atomic E-state index is 0.139. The van der Waals surface area contributed by atoms with E-state index in [0.29, 0.717) is 12.0 Å². The molecule has 19 heavy (non-hydrogen) atoms. The third-order valence-corrected chi connectivity index (χ3v) is 4.82. The van der Waals surface area contributed by atoms with Crippen LogP contribution in [0.2, 0.25) is 0 Å². The molecule has 4 nitrogen and oxygen atoms in total. The number of carbonyl (C=O) groups is 1. The second-order valence-corrected chi connectivity index (χ2v) is 6.07. The van der Waals surface area contributed by atoms with Crippen LogP contribution in [0.15, 0.2) is 12.3 Å². The lowest BCUT2D eigenvalue weighted by Crippen LogP contribution is -2.34. The summed E-state index contributed by atoms with van der Waals surface area (Å²) in [6.45, 7) is 0. The fourth-order valence-corrected chi connectivity index (χ4v) is 3.44. The third-order valence-electron chi connectivity index (χ3n) is 4.82. The van der Waals surface area contributed by atoms with Gasteiger partial charge in [-0.05, 0) is 44.1 Å². The smallest absolute Gasteiger partial charge is 0.306 e. The summed E-state index contributed by atoms with van der Waals surface area (Å²) in [6.07, 6.45) is 11.2. The van der Waals surface area contributed by atoms with Crippen molar-refractivity contribution in [2.75, 3.05) is 0 Å². The van der Waals surface area contributed by atoms with Crippen molar-refractivity contribution in [2.24, 2.45) is 11.8 Å². The maximum Gasteiger partial charge on any atom is 0.306 e. The average Bonchev–Trinajstić information content (AvgIpc) is 2.83. The Hall–Kier alpha value is -1.32. The average molecular weight is 262 g/mol. The monoisotopic (exact) mass is 262 g/mol. The summed E-state index contributed by atoms with van der Waals surface area (Å²) in [5.41, 5.74) is 1.07. The van der Waals surface area contributed by atoms with Gasteiger partial charge in [-0.2, -0.15) is 5.10 Å². The fourth-order valence-electron chi connectivity index (χ4n) is 3.44. The number of hydrogen-bond acceptors (Lipinski definition) is 2. The van der Waals surface area contributed by atoms with Crippen molar-refractivity contribution in [1.82, 2.24) is 9.78 Å². The van der Waals surface area contributed by atoms with E-state index in [0.717, 1.165) is 25.0 Å². The van der Waals surface area contributed by atoms with E-state index in [-0.39, 0.29) is 5.92 Å². The second kappa shape index (κ2) is 5.35. The van der Waals surface area contributed by atoms with E-state index < -0.39 is 5.97 Å². The Bertz CT molecular complexity index is 449. The lowest BCUT2D eigenvalue weighted by molar-refractivity contribution is -0.147. The molecule has 0 aromatic carbocycles. The minimum atomic E-state index is -0.636. The normalized spacial score (nSPS) is 28.0. The fraction of sp³-hybridized carbons (Fsp3) is 0.733. The van der Waals surface area contributed by atoms with E-state index in [1.165, 1.54) is 32.1 Å². The van der Waals surface area contributed by atoms with Crippen molar-refractivity contribution in [1.29, 1.82) is 0 Å². The van der Waals surface area contributed by atoms with Gasteiger partial charge in [-0.25, -0.2) is 0 Å². The quantitative estimate of drug-likeness (QED) is 0.907. The maximum absolute atomic E-state index is 11.0. The molecule has 0 amide bonds. The van der Waals surface area contributed by atoms with Crippen LogP contribution in [0.1, 0.15) is 56.7 Å². The van der Waals surface area contributed by atoms with Gasteiger partial charge in [0.15, 0.2) is 0 Å². The summed E-state index contributed by atoms with van der Waals surface area (Å²) in [4.78, 5) is 11.0. The lowest BCUT2D eigenvalue weighted by atomic mass is 9.71. The Labute approximate surface area is 113 Å². The van der Waals surface area contributed by atoms with Gasteiger partial charge in [-0.1, -0.05) is 19.3 Å². The minimum Gasteiger partial charge on any atom is -0.481 e. The number of nitrogens with zero attached hydrogens (tertiary/aromatic N) is 2. The highest BCUT2D eigenvalue weighted by Gasteiger charge is 2.36. The summed E-state index contributed by atoms with van der Waals surface area (Å²) in [7, 11) is 0. The van der Waals surface area contributed by atoms with Crippen LogP contribution in [0, 0.1) is 11.8 Å². The highest BCUT2D eigenvalue weighted by Crippen LogP contribution is 2.37. The zero-order chi connectivity index (χ0) is 13.2. The van der Waals surface area contributed by atoms with E-state index in [1.807, 2.05) is 0 Å². The van der Waals surface area contributed by atoms with Gasteiger partial charge in [0.05, 0.1) is 17.7 Å². The zero-order valence-corrected chi connectivity index (χ0v) is 11.3. The Kier molecular flexibility index (Phi) is 3.58.